The predicted molar refractivity (Wildman–Crippen MR) is 101 cm³/mol. The van der Waals surface area contributed by atoms with Gasteiger partial charge in [0.25, 0.3) is 0 Å². The Morgan fingerprint density at radius 3 is 1.83 bits per heavy atom. The van der Waals surface area contributed by atoms with Crippen LogP contribution in [0.3, 0.4) is 0 Å². The molecule has 0 heterocycles. The SMILES string of the molecule is CCCP(CCC)c1ccc(P(=O)(CCC#N)CCC#N)cc1. The molecule has 0 unspecified atom stereocenters. The summed E-state index contributed by atoms with van der Waals surface area (Å²) in [5.74, 6) is 0. The van der Waals surface area contributed by atoms with Gasteiger partial charge in [-0.2, -0.15) is 10.5 Å². The molecule has 0 spiro atoms. The Balaban J connectivity index is 3.00. The van der Waals surface area contributed by atoms with Crippen LogP contribution in [0, 0.1) is 22.7 Å². The molecule has 23 heavy (non-hydrogen) atoms. The highest BCUT2D eigenvalue weighted by molar-refractivity contribution is 7.71. The second kappa shape index (κ2) is 10.6. The van der Waals surface area contributed by atoms with Gasteiger partial charge in [0.1, 0.15) is 7.14 Å². The fourth-order valence-corrected chi connectivity index (χ4v) is 7.42. The van der Waals surface area contributed by atoms with Gasteiger partial charge in [0.05, 0.1) is 12.1 Å². The molecule has 0 N–H and O–H groups in total. The zero-order valence-electron chi connectivity index (χ0n) is 14.2. The summed E-state index contributed by atoms with van der Waals surface area (Å²) in [7, 11) is -2.74. The number of benzene rings is 1. The van der Waals surface area contributed by atoms with E-state index >= 15 is 0 Å². The molecule has 5 heteroatoms. The molecule has 0 saturated heterocycles. The molecule has 1 aromatic rings. The van der Waals surface area contributed by atoms with Crippen molar-refractivity contribution in [3.8, 4) is 12.1 Å². The highest BCUT2D eigenvalue weighted by Gasteiger charge is 2.24. The van der Waals surface area contributed by atoms with E-state index < -0.39 is 7.14 Å². The molecule has 0 atom stereocenters. The predicted octanol–water partition coefficient (Wildman–Crippen LogP) is 4.43. The number of nitrogens with zero attached hydrogens (tertiary/aromatic N) is 2. The van der Waals surface area contributed by atoms with Crippen LogP contribution in [0.1, 0.15) is 39.5 Å². The number of hydrogen-bond donors (Lipinski definition) is 0. The molecule has 0 aliphatic carbocycles. The number of rotatable bonds is 10. The normalized spacial score (nSPS) is 11.2. The first-order valence-electron chi connectivity index (χ1n) is 8.28. The Labute approximate surface area is 141 Å². The minimum absolute atomic E-state index is 0.121. The van der Waals surface area contributed by atoms with Gasteiger partial charge < -0.3 is 4.57 Å². The maximum absolute atomic E-state index is 13.2. The van der Waals surface area contributed by atoms with E-state index in [1.807, 2.05) is 12.1 Å². The lowest BCUT2D eigenvalue weighted by Gasteiger charge is -2.20. The average Bonchev–Trinajstić information content (AvgIpc) is 2.58. The topological polar surface area (TPSA) is 64.7 Å². The summed E-state index contributed by atoms with van der Waals surface area (Å²) in [5, 5.41) is 19.8. The van der Waals surface area contributed by atoms with Gasteiger partial charge in [-0.3, -0.25) is 0 Å². The van der Waals surface area contributed by atoms with Crippen LogP contribution in [0.4, 0.5) is 0 Å². The highest BCUT2D eigenvalue weighted by Crippen LogP contribution is 2.45. The Bertz CT molecular complexity index is 571. The van der Waals surface area contributed by atoms with Crippen LogP contribution < -0.4 is 10.6 Å². The minimum atomic E-state index is -2.62. The van der Waals surface area contributed by atoms with Gasteiger partial charge in [0.2, 0.25) is 0 Å². The largest absolute Gasteiger partial charge is 0.319 e. The molecule has 0 amide bonds. The van der Waals surface area contributed by atoms with E-state index in [0.29, 0.717) is 12.3 Å². The van der Waals surface area contributed by atoms with E-state index in [1.165, 1.54) is 30.5 Å². The quantitative estimate of drug-likeness (QED) is 0.588. The van der Waals surface area contributed by atoms with Crippen molar-refractivity contribution in [2.75, 3.05) is 24.6 Å². The first-order valence-corrected chi connectivity index (χ1v) is 12.1. The van der Waals surface area contributed by atoms with E-state index in [-0.39, 0.29) is 20.8 Å². The summed E-state index contributed by atoms with van der Waals surface area (Å²) in [5.41, 5.74) is 0. The van der Waals surface area contributed by atoms with Crippen molar-refractivity contribution in [1.29, 1.82) is 10.5 Å². The first-order chi connectivity index (χ1) is 11.1. The van der Waals surface area contributed by atoms with E-state index in [1.54, 1.807) is 0 Å². The van der Waals surface area contributed by atoms with Crippen molar-refractivity contribution >= 4 is 25.7 Å². The Morgan fingerprint density at radius 2 is 1.43 bits per heavy atom. The lowest BCUT2D eigenvalue weighted by Crippen LogP contribution is -2.14. The Hall–Kier alpha value is -1.14. The van der Waals surface area contributed by atoms with E-state index in [9.17, 15) is 4.57 Å². The van der Waals surface area contributed by atoms with Crippen molar-refractivity contribution in [2.24, 2.45) is 0 Å². The number of nitriles is 2. The molecule has 0 saturated carbocycles. The van der Waals surface area contributed by atoms with Crippen LogP contribution in [0.5, 0.6) is 0 Å². The lowest BCUT2D eigenvalue weighted by molar-refractivity contribution is 0.580. The first kappa shape index (κ1) is 19.9. The smallest absolute Gasteiger partial charge is 0.117 e. The maximum Gasteiger partial charge on any atom is 0.117 e. The third-order valence-electron chi connectivity index (χ3n) is 3.84. The zero-order valence-corrected chi connectivity index (χ0v) is 16.0. The summed E-state index contributed by atoms with van der Waals surface area (Å²) < 4.78 is 13.2. The van der Waals surface area contributed by atoms with Crippen LogP contribution in [-0.4, -0.2) is 24.6 Å². The van der Waals surface area contributed by atoms with E-state index in [2.05, 4.69) is 38.1 Å². The zero-order chi connectivity index (χ0) is 17.1. The third-order valence-corrected chi connectivity index (χ3v) is 9.98. The molecule has 0 aromatic heterocycles. The van der Waals surface area contributed by atoms with Crippen molar-refractivity contribution in [2.45, 2.75) is 39.5 Å². The molecular formula is C18H26N2OP2. The molecule has 0 radical (unpaired) electrons. The molecule has 1 aromatic carbocycles. The van der Waals surface area contributed by atoms with Crippen LogP contribution in [-0.2, 0) is 4.57 Å². The molecule has 0 fully saturated rings. The van der Waals surface area contributed by atoms with Crippen LogP contribution >= 0.6 is 15.1 Å². The summed E-state index contributed by atoms with van der Waals surface area (Å²) in [6.07, 6.45) is 6.18. The van der Waals surface area contributed by atoms with Crippen LogP contribution in [0.2, 0.25) is 0 Å². The van der Waals surface area contributed by atoms with Crippen molar-refractivity contribution in [3.05, 3.63) is 24.3 Å². The van der Waals surface area contributed by atoms with Crippen molar-refractivity contribution < 1.29 is 4.57 Å². The van der Waals surface area contributed by atoms with Gasteiger partial charge in [-0.05, 0) is 17.6 Å². The van der Waals surface area contributed by atoms with E-state index in [4.69, 9.17) is 10.5 Å². The molecule has 1 rings (SSSR count). The maximum atomic E-state index is 13.2. The van der Waals surface area contributed by atoms with Crippen LogP contribution in [0.25, 0.3) is 0 Å². The Morgan fingerprint density at radius 1 is 0.957 bits per heavy atom. The van der Waals surface area contributed by atoms with Crippen molar-refractivity contribution in [3.63, 3.8) is 0 Å². The van der Waals surface area contributed by atoms with Gasteiger partial charge in [0.15, 0.2) is 0 Å². The molecule has 0 bridgehead atoms. The summed E-state index contributed by atoms with van der Waals surface area (Å²) in [6.45, 7) is 4.44. The lowest BCUT2D eigenvalue weighted by atomic mass is 10.4. The minimum Gasteiger partial charge on any atom is -0.319 e. The molecule has 0 aliphatic rings. The number of hydrogen-bond acceptors (Lipinski definition) is 3. The summed E-state index contributed by atoms with van der Waals surface area (Å²) in [6, 6.07) is 12.4. The molecule has 0 aliphatic heterocycles. The second-order valence-corrected chi connectivity index (χ2v) is 11.3. The fraction of sp³-hybridized carbons (Fsp3) is 0.556. The van der Waals surface area contributed by atoms with Gasteiger partial charge in [0, 0.05) is 30.5 Å². The highest BCUT2D eigenvalue weighted by atomic mass is 31.2. The summed E-state index contributed by atoms with van der Waals surface area (Å²) >= 11 is 0. The average molecular weight is 348 g/mol. The fourth-order valence-electron chi connectivity index (χ4n) is 2.68. The van der Waals surface area contributed by atoms with Gasteiger partial charge in [-0.15, -0.1) is 0 Å². The monoisotopic (exact) mass is 348 g/mol. The Kier molecular flexibility index (Phi) is 9.17. The van der Waals surface area contributed by atoms with Crippen molar-refractivity contribution in [1.82, 2.24) is 0 Å². The second-order valence-electron chi connectivity index (χ2n) is 5.66. The van der Waals surface area contributed by atoms with Crippen LogP contribution in [0.15, 0.2) is 24.3 Å². The summed E-state index contributed by atoms with van der Waals surface area (Å²) in [4.78, 5) is 0. The molecular weight excluding hydrogens is 322 g/mol. The molecule has 124 valence electrons. The molecule has 3 nitrogen and oxygen atoms in total. The third kappa shape index (κ3) is 6.11. The van der Waals surface area contributed by atoms with Gasteiger partial charge in [-0.1, -0.05) is 58.9 Å². The standard InChI is InChI=1S/C18H26N2OP2/c1-3-13-22(14-4-2)17-7-9-18(10-8-17)23(21,15-5-11-19)16-6-12-20/h7-10H,3-6,13-16H2,1-2H3. The van der Waals surface area contributed by atoms with E-state index in [0.717, 1.165) is 5.30 Å². The van der Waals surface area contributed by atoms with Gasteiger partial charge in [-0.25, -0.2) is 0 Å². The van der Waals surface area contributed by atoms with Gasteiger partial charge >= 0.3 is 0 Å².